The van der Waals surface area contributed by atoms with Crippen LogP contribution in [-0.4, -0.2) is 38.2 Å². The highest BCUT2D eigenvalue weighted by atomic mass is 16.7. The van der Waals surface area contributed by atoms with E-state index < -0.39 is 5.79 Å². The number of rotatable bonds is 3. The van der Waals surface area contributed by atoms with Gasteiger partial charge in [0.1, 0.15) is 11.9 Å². The first-order valence-electron chi connectivity index (χ1n) is 7.40. The standard InChI is InChI=1S/C16H23NO3/c1-12-5-3-4-6-14(12)20-15-11-16(18-9-10-19-16)8-7-13(15)17-2/h3-6,13,15,17H,7-11H2,1-2H3. The summed E-state index contributed by atoms with van der Waals surface area (Å²) in [5.74, 6) is 0.536. The molecule has 1 aromatic rings. The Labute approximate surface area is 120 Å². The van der Waals surface area contributed by atoms with Crippen molar-refractivity contribution in [2.75, 3.05) is 20.3 Å². The third-order valence-corrected chi connectivity index (χ3v) is 4.35. The van der Waals surface area contributed by atoms with E-state index in [4.69, 9.17) is 14.2 Å². The van der Waals surface area contributed by atoms with Gasteiger partial charge in [-0.25, -0.2) is 0 Å². The fraction of sp³-hybridized carbons (Fsp3) is 0.625. The van der Waals surface area contributed by atoms with Crippen molar-refractivity contribution in [3.8, 4) is 5.75 Å². The number of benzene rings is 1. The van der Waals surface area contributed by atoms with Crippen LogP contribution in [0.3, 0.4) is 0 Å². The molecule has 0 aromatic heterocycles. The largest absolute Gasteiger partial charge is 0.488 e. The Bertz CT molecular complexity index is 457. The minimum Gasteiger partial charge on any atom is -0.488 e. The van der Waals surface area contributed by atoms with Crippen LogP contribution in [0, 0.1) is 6.92 Å². The van der Waals surface area contributed by atoms with E-state index in [1.54, 1.807) is 0 Å². The van der Waals surface area contributed by atoms with Crippen molar-refractivity contribution in [2.45, 2.75) is 44.1 Å². The Morgan fingerprint density at radius 1 is 1.25 bits per heavy atom. The maximum Gasteiger partial charge on any atom is 0.172 e. The molecular formula is C16H23NO3. The molecule has 1 saturated carbocycles. The SMILES string of the molecule is CNC1CCC2(CC1Oc1ccccc1C)OCCO2. The van der Waals surface area contributed by atoms with Gasteiger partial charge in [-0.15, -0.1) is 0 Å². The van der Waals surface area contributed by atoms with Crippen molar-refractivity contribution in [2.24, 2.45) is 0 Å². The number of hydrogen-bond acceptors (Lipinski definition) is 4. The minimum atomic E-state index is -0.416. The van der Waals surface area contributed by atoms with E-state index in [0.717, 1.165) is 30.6 Å². The van der Waals surface area contributed by atoms with Gasteiger partial charge in [0, 0.05) is 18.9 Å². The molecule has 0 bridgehead atoms. The third kappa shape index (κ3) is 2.68. The molecular weight excluding hydrogens is 254 g/mol. The van der Waals surface area contributed by atoms with E-state index in [0.29, 0.717) is 19.3 Å². The maximum absolute atomic E-state index is 6.25. The molecule has 1 aromatic carbocycles. The van der Waals surface area contributed by atoms with Crippen molar-refractivity contribution in [3.63, 3.8) is 0 Å². The highest BCUT2D eigenvalue weighted by Gasteiger charge is 2.45. The molecule has 1 aliphatic heterocycles. The van der Waals surface area contributed by atoms with Crippen molar-refractivity contribution in [3.05, 3.63) is 29.8 Å². The molecule has 0 amide bonds. The smallest absolute Gasteiger partial charge is 0.172 e. The molecule has 2 aliphatic rings. The van der Waals surface area contributed by atoms with Gasteiger partial charge < -0.3 is 19.5 Å². The summed E-state index contributed by atoms with van der Waals surface area (Å²) in [6, 6.07) is 8.49. The maximum atomic E-state index is 6.25. The van der Waals surface area contributed by atoms with Crippen LogP contribution in [0.25, 0.3) is 0 Å². The molecule has 2 atom stereocenters. The summed E-state index contributed by atoms with van der Waals surface area (Å²) < 4.78 is 17.9. The van der Waals surface area contributed by atoms with Crippen molar-refractivity contribution in [1.29, 1.82) is 0 Å². The number of para-hydroxylation sites is 1. The van der Waals surface area contributed by atoms with E-state index in [2.05, 4.69) is 18.3 Å². The molecule has 1 aliphatic carbocycles. The van der Waals surface area contributed by atoms with Gasteiger partial charge in [-0.3, -0.25) is 0 Å². The second-order valence-corrected chi connectivity index (χ2v) is 5.67. The van der Waals surface area contributed by atoms with Gasteiger partial charge in [-0.05, 0) is 32.0 Å². The Morgan fingerprint density at radius 2 is 2.00 bits per heavy atom. The van der Waals surface area contributed by atoms with E-state index in [1.807, 2.05) is 25.2 Å². The summed E-state index contributed by atoms with van der Waals surface area (Å²) in [5.41, 5.74) is 1.16. The fourth-order valence-electron chi connectivity index (χ4n) is 3.18. The van der Waals surface area contributed by atoms with Crippen LogP contribution in [0.1, 0.15) is 24.8 Å². The molecule has 4 nitrogen and oxygen atoms in total. The summed E-state index contributed by atoms with van der Waals surface area (Å²) in [4.78, 5) is 0. The Balaban J connectivity index is 1.76. The minimum absolute atomic E-state index is 0.0768. The second-order valence-electron chi connectivity index (χ2n) is 5.67. The van der Waals surface area contributed by atoms with E-state index >= 15 is 0 Å². The molecule has 1 saturated heterocycles. The number of aryl methyl sites for hydroxylation is 1. The van der Waals surface area contributed by atoms with Crippen LogP contribution in [-0.2, 0) is 9.47 Å². The molecule has 1 spiro atoms. The zero-order valence-electron chi connectivity index (χ0n) is 12.2. The zero-order chi connectivity index (χ0) is 14.0. The summed E-state index contributed by atoms with van der Waals surface area (Å²) in [7, 11) is 1.99. The van der Waals surface area contributed by atoms with E-state index in [9.17, 15) is 0 Å². The highest BCUT2D eigenvalue weighted by molar-refractivity contribution is 5.32. The molecule has 1 N–H and O–H groups in total. The molecule has 3 rings (SSSR count). The lowest BCUT2D eigenvalue weighted by molar-refractivity contribution is -0.196. The van der Waals surface area contributed by atoms with Crippen LogP contribution in [0.4, 0.5) is 0 Å². The van der Waals surface area contributed by atoms with Crippen molar-refractivity contribution in [1.82, 2.24) is 5.32 Å². The molecule has 20 heavy (non-hydrogen) atoms. The number of likely N-dealkylation sites (N-methyl/N-ethyl adjacent to an activating group) is 1. The van der Waals surface area contributed by atoms with Crippen molar-refractivity contribution < 1.29 is 14.2 Å². The quantitative estimate of drug-likeness (QED) is 0.920. The van der Waals surface area contributed by atoms with Gasteiger partial charge in [0.2, 0.25) is 0 Å². The predicted molar refractivity (Wildman–Crippen MR) is 76.9 cm³/mol. The van der Waals surface area contributed by atoms with Crippen LogP contribution in [0.2, 0.25) is 0 Å². The van der Waals surface area contributed by atoms with Crippen LogP contribution < -0.4 is 10.1 Å². The average molecular weight is 277 g/mol. The topological polar surface area (TPSA) is 39.7 Å². The average Bonchev–Trinajstić information content (AvgIpc) is 2.90. The summed E-state index contributed by atoms with van der Waals surface area (Å²) in [5, 5.41) is 3.36. The lowest BCUT2D eigenvalue weighted by atomic mass is 9.87. The Kier molecular flexibility index (Phi) is 3.96. The first-order chi connectivity index (χ1) is 9.72. The van der Waals surface area contributed by atoms with E-state index in [1.165, 1.54) is 0 Å². The van der Waals surface area contributed by atoms with Gasteiger partial charge in [-0.1, -0.05) is 18.2 Å². The molecule has 0 radical (unpaired) electrons. The van der Waals surface area contributed by atoms with Crippen LogP contribution in [0.5, 0.6) is 5.75 Å². The Hall–Kier alpha value is -1.10. The monoisotopic (exact) mass is 277 g/mol. The number of nitrogens with one attached hydrogen (secondary N) is 1. The van der Waals surface area contributed by atoms with Crippen LogP contribution in [0.15, 0.2) is 24.3 Å². The Morgan fingerprint density at radius 3 is 2.70 bits per heavy atom. The molecule has 4 heteroatoms. The summed E-state index contributed by atoms with van der Waals surface area (Å²) >= 11 is 0. The fourth-order valence-corrected chi connectivity index (χ4v) is 3.18. The second kappa shape index (κ2) is 5.72. The first kappa shape index (κ1) is 13.9. The lowest BCUT2D eigenvalue weighted by Crippen LogP contribution is -2.52. The molecule has 1 heterocycles. The van der Waals surface area contributed by atoms with Gasteiger partial charge in [0.25, 0.3) is 0 Å². The van der Waals surface area contributed by atoms with Crippen molar-refractivity contribution >= 4 is 0 Å². The molecule has 110 valence electrons. The van der Waals surface area contributed by atoms with Gasteiger partial charge in [0.05, 0.1) is 13.2 Å². The third-order valence-electron chi connectivity index (χ3n) is 4.35. The van der Waals surface area contributed by atoms with Gasteiger partial charge >= 0.3 is 0 Å². The molecule has 2 unspecified atom stereocenters. The van der Waals surface area contributed by atoms with Crippen LogP contribution >= 0.6 is 0 Å². The van der Waals surface area contributed by atoms with Gasteiger partial charge in [0.15, 0.2) is 5.79 Å². The number of hydrogen-bond donors (Lipinski definition) is 1. The predicted octanol–water partition coefficient (Wildman–Crippen LogP) is 2.26. The normalized spacial score (nSPS) is 28.7. The van der Waals surface area contributed by atoms with Gasteiger partial charge in [-0.2, -0.15) is 0 Å². The van der Waals surface area contributed by atoms with E-state index in [-0.39, 0.29) is 6.10 Å². The highest BCUT2D eigenvalue weighted by Crippen LogP contribution is 2.37. The first-order valence-corrected chi connectivity index (χ1v) is 7.40. The number of ether oxygens (including phenoxy) is 3. The molecule has 2 fully saturated rings. The lowest BCUT2D eigenvalue weighted by Gasteiger charge is -2.40. The summed E-state index contributed by atoms with van der Waals surface area (Å²) in [6.07, 6.45) is 2.81. The summed E-state index contributed by atoms with van der Waals surface area (Å²) in [6.45, 7) is 3.47. The zero-order valence-corrected chi connectivity index (χ0v) is 12.2.